The summed E-state index contributed by atoms with van der Waals surface area (Å²) in [6.45, 7) is 5.21. The molecule has 3 rings (SSSR count). The number of rotatable bonds is 3. The van der Waals surface area contributed by atoms with Gasteiger partial charge in [0.1, 0.15) is 19.0 Å². The lowest BCUT2D eigenvalue weighted by molar-refractivity contribution is -0.134. The first-order chi connectivity index (χ1) is 10.2. The van der Waals surface area contributed by atoms with Crippen molar-refractivity contribution >= 4 is 5.91 Å². The average molecular weight is 291 g/mol. The summed E-state index contributed by atoms with van der Waals surface area (Å²) in [6.07, 6.45) is 7.74. The lowest BCUT2D eigenvalue weighted by Gasteiger charge is -2.34. The van der Waals surface area contributed by atoms with E-state index in [2.05, 4.69) is 9.55 Å². The number of ether oxygens (including phenoxy) is 2. The molecule has 2 aliphatic heterocycles. The number of carbonyl (C=O) groups excluding carboxylic acids is 1. The SMILES string of the molecule is CC1=C(C(=O)N2CCCC(Cn3ccnc3)C2)OCCO1. The Bertz CT molecular complexity index is 524. The van der Waals surface area contributed by atoms with Gasteiger partial charge in [-0.2, -0.15) is 0 Å². The molecule has 1 unspecified atom stereocenters. The Labute approximate surface area is 124 Å². The molecule has 6 nitrogen and oxygen atoms in total. The van der Waals surface area contributed by atoms with Gasteiger partial charge in [-0.3, -0.25) is 4.79 Å². The molecule has 1 aromatic rings. The van der Waals surface area contributed by atoms with Crippen molar-refractivity contribution in [2.45, 2.75) is 26.3 Å². The Morgan fingerprint density at radius 1 is 1.43 bits per heavy atom. The van der Waals surface area contributed by atoms with Crippen LogP contribution in [-0.4, -0.2) is 46.7 Å². The highest BCUT2D eigenvalue weighted by molar-refractivity contribution is 5.92. The Hall–Kier alpha value is -1.98. The fraction of sp³-hybridized carbons (Fsp3) is 0.600. The zero-order valence-corrected chi connectivity index (χ0v) is 12.3. The van der Waals surface area contributed by atoms with Crippen LogP contribution in [0.1, 0.15) is 19.8 Å². The molecule has 0 bridgehead atoms. The number of aromatic nitrogens is 2. The largest absolute Gasteiger partial charge is 0.491 e. The van der Waals surface area contributed by atoms with E-state index in [4.69, 9.17) is 9.47 Å². The molecule has 2 aliphatic rings. The highest BCUT2D eigenvalue weighted by Gasteiger charge is 2.29. The summed E-state index contributed by atoms with van der Waals surface area (Å²) >= 11 is 0. The lowest BCUT2D eigenvalue weighted by atomic mass is 9.97. The smallest absolute Gasteiger partial charge is 0.292 e. The predicted octanol–water partition coefficient (Wildman–Crippen LogP) is 1.40. The topological polar surface area (TPSA) is 56.6 Å². The fourth-order valence-electron chi connectivity index (χ4n) is 2.95. The molecule has 21 heavy (non-hydrogen) atoms. The van der Waals surface area contributed by atoms with Crippen LogP contribution < -0.4 is 0 Å². The van der Waals surface area contributed by atoms with Gasteiger partial charge in [-0.05, 0) is 25.7 Å². The van der Waals surface area contributed by atoms with E-state index in [1.54, 1.807) is 13.1 Å². The summed E-state index contributed by atoms with van der Waals surface area (Å²) in [6, 6.07) is 0. The second kappa shape index (κ2) is 6.20. The number of allylic oxidation sites excluding steroid dienone is 1. The molecule has 3 heterocycles. The van der Waals surface area contributed by atoms with Crippen molar-refractivity contribution < 1.29 is 14.3 Å². The number of amides is 1. The number of imidazole rings is 1. The van der Waals surface area contributed by atoms with Crippen molar-refractivity contribution in [2.75, 3.05) is 26.3 Å². The normalized spacial score (nSPS) is 22.7. The number of hydrogen-bond acceptors (Lipinski definition) is 4. The molecule has 0 spiro atoms. The maximum Gasteiger partial charge on any atom is 0.292 e. The minimum atomic E-state index is -0.0393. The Kier molecular flexibility index (Phi) is 4.13. The summed E-state index contributed by atoms with van der Waals surface area (Å²) in [4.78, 5) is 18.5. The third-order valence-corrected chi connectivity index (χ3v) is 4.00. The molecule has 1 aromatic heterocycles. The molecule has 1 saturated heterocycles. The zero-order chi connectivity index (χ0) is 14.7. The van der Waals surface area contributed by atoms with Crippen molar-refractivity contribution in [1.82, 2.24) is 14.5 Å². The molecule has 1 fully saturated rings. The van der Waals surface area contributed by atoms with E-state index < -0.39 is 0 Å². The maximum absolute atomic E-state index is 12.6. The summed E-state index contributed by atoms with van der Waals surface area (Å²) in [5.74, 6) is 1.40. The standard InChI is InChI=1S/C15H21N3O3/c1-12-14(21-8-7-20-12)15(19)18-5-2-3-13(10-18)9-17-6-4-16-11-17/h4,6,11,13H,2-3,5,7-10H2,1H3. The molecule has 0 aliphatic carbocycles. The molecule has 114 valence electrons. The molecule has 0 N–H and O–H groups in total. The van der Waals surface area contributed by atoms with Gasteiger partial charge in [-0.1, -0.05) is 0 Å². The van der Waals surface area contributed by atoms with Crippen molar-refractivity contribution in [3.05, 3.63) is 30.2 Å². The highest BCUT2D eigenvalue weighted by atomic mass is 16.6. The average Bonchev–Trinajstić information content (AvgIpc) is 3.00. The molecular weight excluding hydrogens is 270 g/mol. The number of nitrogens with zero attached hydrogens (tertiary/aromatic N) is 3. The first-order valence-corrected chi connectivity index (χ1v) is 7.45. The molecular formula is C15H21N3O3. The van der Waals surface area contributed by atoms with Gasteiger partial charge in [-0.15, -0.1) is 0 Å². The second-order valence-corrected chi connectivity index (χ2v) is 5.60. The minimum Gasteiger partial charge on any atom is -0.491 e. The summed E-state index contributed by atoms with van der Waals surface area (Å²) in [5.41, 5.74) is 0. The number of likely N-dealkylation sites (tertiary alicyclic amines) is 1. The van der Waals surface area contributed by atoms with E-state index in [0.717, 1.165) is 32.5 Å². The van der Waals surface area contributed by atoms with Crippen LogP contribution in [0, 0.1) is 5.92 Å². The van der Waals surface area contributed by atoms with E-state index >= 15 is 0 Å². The Balaban J connectivity index is 1.64. The summed E-state index contributed by atoms with van der Waals surface area (Å²) in [7, 11) is 0. The number of piperidine rings is 1. The second-order valence-electron chi connectivity index (χ2n) is 5.60. The van der Waals surface area contributed by atoms with E-state index in [1.807, 2.05) is 17.4 Å². The lowest BCUT2D eigenvalue weighted by Crippen LogP contribution is -2.42. The maximum atomic E-state index is 12.6. The van der Waals surface area contributed by atoms with Crippen molar-refractivity contribution in [2.24, 2.45) is 5.92 Å². The minimum absolute atomic E-state index is 0.0393. The molecule has 1 amide bonds. The van der Waals surface area contributed by atoms with E-state index in [0.29, 0.717) is 30.6 Å². The van der Waals surface area contributed by atoms with Crippen LogP contribution >= 0.6 is 0 Å². The van der Waals surface area contributed by atoms with Crippen LogP contribution in [0.2, 0.25) is 0 Å². The predicted molar refractivity (Wildman–Crippen MR) is 76.1 cm³/mol. The van der Waals surface area contributed by atoms with Crippen LogP contribution in [0.3, 0.4) is 0 Å². The number of carbonyl (C=O) groups is 1. The Morgan fingerprint density at radius 3 is 3.05 bits per heavy atom. The Morgan fingerprint density at radius 2 is 2.29 bits per heavy atom. The van der Waals surface area contributed by atoms with Gasteiger partial charge < -0.3 is 18.9 Å². The zero-order valence-electron chi connectivity index (χ0n) is 12.3. The summed E-state index contributed by atoms with van der Waals surface area (Å²) < 4.78 is 13.0. The van der Waals surface area contributed by atoms with Crippen molar-refractivity contribution in [3.8, 4) is 0 Å². The van der Waals surface area contributed by atoms with E-state index in [-0.39, 0.29) is 5.91 Å². The molecule has 0 saturated carbocycles. The van der Waals surface area contributed by atoms with Crippen molar-refractivity contribution in [1.29, 1.82) is 0 Å². The molecule has 6 heteroatoms. The third kappa shape index (κ3) is 3.20. The molecule has 0 aromatic carbocycles. The van der Waals surface area contributed by atoms with Crippen molar-refractivity contribution in [3.63, 3.8) is 0 Å². The first kappa shape index (κ1) is 14.0. The fourth-order valence-corrected chi connectivity index (χ4v) is 2.95. The summed E-state index contributed by atoms with van der Waals surface area (Å²) in [5, 5.41) is 0. The van der Waals surface area contributed by atoms with Crippen LogP contribution in [0.5, 0.6) is 0 Å². The number of hydrogen-bond donors (Lipinski definition) is 0. The van der Waals surface area contributed by atoms with Gasteiger partial charge in [0.2, 0.25) is 5.76 Å². The highest BCUT2D eigenvalue weighted by Crippen LogP contribution is 2.22. The third-order valence-electron chi connectivity index (χ3n) is 4.00. The van der Waals surface area contributed by atoms with E-state index in [1.165, 1.54) is 0 Å². The molecule has 0 radical (unpaired) electrons. The van der Waals surface area contributed by atoms with Gasteiger partial charge in [0.25, 0.3) is 5.91 Å². The quantitative estimate of drug-likeness (QED) is 0.844. The van der Waals surface area contributed by atoms with Gasteiger partial charge in [0, 0.05) is 32.0 Å². The van der Waals surface area contributed by atoms with Gasteiger partial charge >= 0.3 is 0 Å². The first-order valence-electron chi connectivity index (χ1n) is 7.45. The van der Waals surface area contributed by atoms with Crippen LogP contribution in [-0.2, 0) is 20.8 Å². The van der Waals surface area contributed by atoms with Gasteiger partial charge in [0.05, 0.1) is 6.33 Å². The van der Waals surface area contributed by atoms with Gasteiger partial charge in [-0.25, -0.2) is 4.98 Å². The van der Waals surface area contributed by atoms with E-state index in [9.17, 15) is 4.79 Å². The monoisotopic (exact) mass is 291 g/mol. The van der Waals surface area contributed by atoms with Crippen LogP contribution in [0.4, 0.5) is 0 Å². The van der Waals surface area contributed by atoms with Crippen LogP contribution in [0.15, 0.2) is 30.2 Å². The molecule has 1 atom stereocenters. The van der Waals surface area contributed by atoms with Gasteiger partial charge in [0.15, 0.2) is 0 Å². The van der Waals surface area contributed by atoms with Crippen LogP contribution in [0.25, 0.3) is 0 Å².